The number of nitrogens with one attached hydrogen (secondary N) is 1. The van der Waals surface area contributed by atoms with E-state index in [4.69, 9.17) is 19.9 Å². The van der Waals surface area contributed by atoms with Crippen molar-refractivity contribution in [2.45, 2.75) is 12.8 Å². The van der Waals surface area contributed by atoms with Gasteiger partial charge in [0.15, 0.2) is 0 Å². The summed E-state index contributed by atoms with van der Waals surface area (Å²) in [5.41, 5.74) is 11.3. The number of carbonyl (C=O) groups excluding carboxylic acids is 1. The molecule has 2 aromatic heterocycles. The number of hydrogen-bond acceptors (Lipinski definition) is 7. The predicted octanol–water partition coefficient (Wildman–Crippen LogP) is 6.42. The van der Waals surface area contributed by atoms with Gasteiger partial charge in [-0.1, -0.05) is 54.6 Å². The van der Waals surface area contributed by atoms with Gasteiger partial charge in [0.05, 0.1) is 31.4 Å². The van der Waals surface area contributed by atoms with E-state index in [0.717, 1.165) is 38.6 Å². The van der Waals surface area contributed by atoms with E-state index >= 15 is 0 Å². The number of aromatic nitrogens is 3. The second kappa shape index (κ2) is 10.4. The molecule has 6 aromatic rings. The number of ether oxygens (including phenoxy) is 3. The lowest BCUT2D eigenvalue weighted by molar-refractivity contribution is 0.0930. The van der Waals surface area contributed by atoms with Gasteiger partial charge in [-0.15, -0.1) is 0 Å². The van der Waals surface area contributed by atoms with Crippen LogP contribution in [0.5, 0.6) is 17.4 Å². The van der Waals surface area contributed by atoms with Crippen LogP contribution in [0.4, 0.5) is 0 Å². The Labute approximate surface area is 252 Å². The minimum absolute atomic E-state index is 0.0749. The molecule has 0 saturated heterocycles. The lowest BCUT2D eigenvalue weighted by Gasteiger charge is -2.25. The van der Waals surface area contributed by atoms with Crippen LogP contribution in [0.2, 0.25) is 0 Å². The standard InChI is InChI=1S/C35H27N5O4/c1-19-29-31(25-11-7-10-21-16-22(42-2)12-14-24(21)25)27(18-36)33(37)44-35(29)40(39-19)34(41)32-30(20-8-5-4-6-9-20)26-17-23(43-3)13-15-28(26)38-32/h4-17,31,38H,37H2,1-3H3. The molecule has 4 aromatic carbocycles. The predicted molar refractivity (Wildman–Crippen MR) is 167 cm³/mol. The van der Waals surface area contributed by atoms with Crippen molar-refractivity contribution < 1.29 is 19.0 Å². The molecular weight excluding hydrogens is 554 g/mol. The molecular formula is C35H27N5O4. The highest BCUT2D eigenvalue weighted by molar-refractivity contribution is 6.11. The molecule has 0 saturated carbocycles. The first-order chi connectivity index (χ1) is 21.4. The maximum absolute atomic E-state index is 14.5. The summed E-state index contributed by atoms with van der Waals surface area (Å²) < 4.78 is 18.2. The number of benzene rings is 4. The molecule has 0 radical (unpaired) electrons. The Morgan fingerprint density at radius 3 is 2.48 bits per heavy atom. The van der Waals surface area contributed by atoms with E-state index in [1.54, 1.807) is 21.1 Å². The highest BCUT2D eigenvalue weighted by Crippen LogP contribution is 2.46. The second-order valence-electron chi connectivity index (χ2n) is 10.5. The van der Waals surface area contributed by atoms with Gasteiger partial charge < -0.3 is 24.9 Å². The van der Waals surface area contributed by atoms with Crippen molar-refractivity contribution >= 4 is 27.6 Å². The number of nitrogens with two attached hydrogens (primary N) is 1. The van der Waals surface area contributed by atoms with Crippen LogP contribution in [0.1, 0.15) is 33.2 Å². The van der Waals surface area contributed by atoms with Crippen LogP contribution in [0.3, 0.4) is 0 Å². The molecule has 0 bridgehead atoms. The number of nitrogens with zero attached hydrogens (tertiary/aromatic N) is 3. The summed E-state index contributed by atoms with van der Waals surface area (Å²) in [5, 5.41) is 17.6. The van der Waals surface area contributed by atoms with E-state index in [-0.39, 0.29) is 17.3 Å². The fourth-order valence-corrected chi connectivity index (χ4v) is 6.10. The van der Waals surface area contributed by atoms with Crippen molar-refractivity contribution in [2.75, 3.05) is 14.2 Å². The summed E-state index contributed by atoms with van der Waals surface area (Å²) in [5.74, 6) is 0.448. The number of aryl methyl sites for hydroxylation is 1. The Morgan fingerprint density at radius 1 is 0.977 bits per heavy atom. The Bertz CT molecular complexity index is 2190. The molecule has 9 heteroatoms. The molecule has 9 nitrogen and oxygen atoms in total. The minimum Gasteiger partial charge on any atom is -0.497 e. The van der Waals surface area contributed by atoms with Crippen molar-refractivity contribution in [3.05, 3.63) is 119 Å². The zero-order valence-electron chi connectivity index (χ0n) is 24.2. The molecule has 3 N–H and O–H groups in total. The number of rotatable bonds is 5. The number of nitriles is 1. The number of aromatic amines is 1. The number of carbonyl (C=O) groups is 1. The van der Waals surface area contributed by atoms with Crippen LogP contribution in [-0.4, -0.2) is 34.9 Å². The van der Waals surface area contributed by atoms with Gasteiger partial charge in [0.2, 0.25) is 11.8 Å². The first-order valence-corrected chi connectivity index (χ1v) is 14.0. The van der Waals surface area contributed by atoms with Gasteiger partial charge in [-0.25, -0.2) is 0 Å². The van der Waals surface area contributed by atoms with E-state index < -0.39 is 11.8 Å². The van der Waals surface area contributed by atoms with Crippen LogP contribution in [-0.2, 0) is 0 Å². The van der Waals surface area contributed by atoms with Crippen LogP contribution >= 0.6 is 0 Å². The largest absolute Gasteiger partial charge is 0.497 e. The first kappa shape index (κ1) is 26.9. The van der Waals surface area contributed by atoms with Gasteiger partial charge in [-0.05, 0) is 59.2 Å². The van der Waals surface area contributed by atoms with Gasteiger partial charge in [0.25, 0.3) is 5.91 Å². The first-order valence-electron chi connectivity index (χ1n) is 14.0. The van der Waals surface area contributed by atoms with Crippen LogP contribution < -0.4 is 19.9 Å². The van der Waals surface area contributed by atoms with Crippen LogP contribution in [0, 0.1) is 18.3 Å². The molecule has 3 heterocycles. The maximum atomic E-state index is 14.5. The summed E-state index contributed by atoms with van der Waals surface area (Å²) >= 11 is 0. The molecule has 1 aliphatic heterocycles. The summed E-state index contributed by atoms with van der Waals surface area (Å²) in [6, 6.07) is 29.2. The summed E-state index contributed by atoms with van der Waals surface area (Å²) in [4.78, 5) is 17.8. The molecule has 1 atom stereocenters. The lowest BCUT2D eigenvalue weighted by Crippen LogP contribution is -2.24. The third-order valence-corrected chi connectivity index (χ3v) is 8.14. The molecule has 0 spiro atoms. The average molecular weight is 582 g/mol. The van der Waals surface area contributed by atoms with Crippen LogP contribution in [0.15, 0.2) is 96.4 Å². The molecule has 0 fully saturated rings. The van der Waals surface area contributed by atoms with Crippen molar-refractivity contribution in [1.29, 1.82) is 5.26 Å². The number of methoxy groups -OCH3 is 2. The molecule has 1 aliphatic rings. The summed E-state index contributed by atoms with van der Waals surface area (Å²) in [6.45, 7) is 1.80. The fourth-order valence-electron chi connectivity index (χ4n) is 6.10. The van der Waals surface area contributed by atoms with Gasteiger partial charge in [0, 0.05) is 16.5 Å². The van der Waals surface area contributed by atoms with Crippen molar-refractivity contribution in [3.63, 3.8) is 0 Å². The third-order valence-electron chi connectivity index (χ3n) is 8.14. The maximum Gasteiger partial charge on any atom is 0.298 e. The van der Waals surface area contributed by atoms with E-state index in [0.29, 0.717) is 28.3 Å². The highest BCUT2D eigenvalue weighted by atomic mass is 16.5. The van der Waals surface area contributed by atoms with Gasteiger partial charge >= 0.3 is 0 Å². The topological polar surface area (TPSA) is 128 Å². The zero-order valence-corrected chi connectivity index (χ0v) is 24.2. The van der Waals surface area contributed by atoms with E-state index in [2.05, 4.69) is 16.2 Å². The third kappa shape index (κ3) is 4.07. The SMILES string of the molecule is COc1ccc2c(C3C(C#N)=C(N)Oc4c3c(C)nn4C(=O)c3[nH]c4ccc(OC)cc4c3-c3ccccc3)cccc2c1. The second-order valence-corrected chi connectivity index (χ2v) is 10.5. The van der Waals surface area contributed by atoms with E-state index in [9.17, 15) is 10.1 Å². The number of allylic oxidation sites excluding steroid dienone is 1. The van der Waals surface area contributed by atoms with Gasteiger partial charge in [0.1, 0.15) is 28.8 Å². The van der Waals surface area contributed by atoms with Crippen molar-refractivity contribution in [1.82, 2.24) is 14.8 Å². The highest BCUT2D eigenvalue weighted by Gasteiger charge is 2.38. The molecule has 44 heavy (non-hydrogen) atoms. The minimum atomic E-state index is -0.608. The zero-order chi connectivity index (χ0) is 30.5. The number of H-pyrrole nitrogens is 1. The smallest absolute Gasteiger partial charge is 0.298 e. The number of hydrogen-bond donors (Lipinski definition) is 2. The van der Waals surface area contributed by atoms with Crippen molar-refractivity contribution in [2.24, 2.45) is 5.73 Å². The fraction of sp³-hybridized carbons (Fsp3) is 0.114. The molecule has 1 unspecified atom stereocenters. The normalized spacial score (nSPS) is 14.3. The molecule has 7 rings (SSSR count). The summed E-state index contributed by atoms with van der Waals surface area (Å²) in [6.07, 6.45) is 0. The molecule has 0 aliphatic carbocycles. The Balaban J connectivity index is 1.44. The Kier molecular flexibility index (Phi) is 6.33. The number of fused-ring (bicyclic) bond motifs is 3. The monoisotopic (exact) mass is 581 g/mol. The molecule has 0 amide bonds. The van der Waals surface area contributed by atoms with E-state index in [1.807, 2.05) is 84.9 Å². The van der Waals surface area contributed by atoms with Gasteiger partial charge in [-0.3, -0.25) is 4.79 Å². The average Bonchev–Trinajstić information content (AvgIpc) is 3.60. The van der Waals surface area contributed by atoms with Gasteiger partial charge in [-0.2, -0.15) is 15.0 Å². The van der Waals surface area contributed by atoms with Crippen molar-refractivity contribution in [3.8, 4) is 34.6 Å². The summed E-state index contributed by atoms with van der Waals surface area (Å²) in [7, 11) is 3.23. The van der Waals surface area contributed by atoms with Crippen LogP contribution in [0.25, 0.3) is 32.8 Å². The Morgan fingerprint density at radius 2 is 1.73 bits per heavy atom. The van der Waals surface area contributed by atoms with E-state index in [1.165, 1.54) is 4.68 Å². The molecule has 216 valence electrons. The Hall–Kier alpha value is -6.01. The quantitative estimate of drug-likeness (QED) is 0.241. The lowest BCUT2D eigenvalue weighted by atomic mass is 9.82.